The van der Waals surface area contributed by atoms with Crippen molar-refractivity contribution < 1.29 is 17.0 Å². The van der Waals surface area contributed by atoms with E-state index < -0.39 is 7.26 Å². The maximum atomic E-state index is 5.06. The molecule has 0 saturated heterocycles. The van der Waals surface area contributed by atoms with E-state index in [1.165, 1.54) is 21.3 Å². The molecule has 0 saturated carbocycles. The van der Waals surface area contributed by atoms with Crippen molar-refractivity contribution in [1.29, 1.82) is 0 Å². The molecule has 0 N–H and O–H groups in total. The summed E-state index contributed by atoms with van der Waals surface area (Å²) in [6, 6.07) is 45.7. The van der Waals surface area contributed by atoms with Crippen molar-refractivity contribution in [1.82, 2.24) is 4.98 Å². The molecule has 0 amide bonds. The van der Waals surface area contributed by atoms with Gasteiger partial charge in [-0.25, -0.2) is 4.98 Å². The number of fused-ring (bicyclic) bond motifs is 1. The van der Waals surface area contributed by atoms with Gasteiger partial charge in [0.1, 0.15) is 29.3 Å². The van der Waals surface area contributed by atoms with Gasteiger partial charge in [0.05, 0.1) is 11.2 Å². The summed E-state index contributed by atoms with van der Waals surface area (Å²) in [5, 5.41) is 5.34. The molecule has 0 bridgehead atoms. The minimum atomic E-state index is -1.92. The third-order valence-electron chi connectivity index (χ3n) is 5.65. The Morgan fingerprint density at radius 2 is 0.935 bits per heavy atom. The lowest BCUT2D eigenvalue weighted by Gasteiger charge is -2.27. The summed E-state index contributed by atoms with van der Waals surface area (Å²) in [5.74, 6) is 0. The largest absolute Gasteiger partial charge is 1.00 e. The van der Waals surface area contributed by atoms with Crippen LogP contribution < -0.4 is 32.9 Å². The summed E-state index contributed by atoms with van der Waals surface area (Å²) in [6.07, 6.45) is 0.899. The van der Waals surface area contributed by atoms with Crippen molar-refractivity contribution in [2.45, 2.75) is 6.16 Å². The first kappa shape index (κ1) is 21.4. The maximum absolute atomic E-state index is 5.06. The molecular weight excluding hydrogens is 461 g/mol. The highest BCUT2D eigenvalue weighted by atomic mass is 79.9. The monoisotopic (exact) mass is 483 g/mol. The molecule has 5 aromatic rings. The SMILES string of the molecule is [Br-].c1ccc([P+](Cc2ccc3ccccc3n2)(c2ccccc2)c2ccccc2)cc1. The van der Waals surface area contributed by atoms with Gasteiger partial charge >= 0.3 is 0 Å². The first-order valence-electron chi connectivity index (χ1n) is 10.3. The Balaban J connectivity index is 0.00000231. The number of para-hydroxylation sites is 1. The number of nitrogens with zero attached hydrogens (tertiary/aromatic N) is 1. The molecule has 0 fully saturated rings. The molecule has 31 heavy (non-hydrogen) atoms. The fraction of sp³-hybridized carbons (Fsp3) is 0.0357. The molecule has 5 rings (SSSR count). The highest BCUT2D eigenvalue weighted by Crippen LogP contribution is 2.57. The fourth-order valence-corrected chi connectivity index (χ4v) is 8.36. The normalized spacial score (nSPS) is 11.1. The zero-order valence-electron chi connectivity index (χ0n) is 17.1. The highest BCUT2D eigenvalue weighted by molar-refractivity contribution is 7.95. The number of hydrogen-bond donors (Lipinski definition) is 0. The average Bonchev–Trinajstić information content (AvgIpc) is 2.84. The first-order valence-corrected chi connectivity index (χ1v) is 12.2. The quantitative estimate of drug-likeness (QED) is 0.350. The minimum Gasteiger partial charge on any atom is -1.00 e. The van der Waals surface area contributed by atoms with Gasteiger partial charge in [-0.1, -0.05) is 78.9 Å². The Morgan fingerprint density at radius 3 is 1.45 bits per heavy atom. The van der Waals surface area contributed by atoms with Crippen LogP contribution in [0, 0.1) is 0 Å². The molecule has 0 radical (unpaired) electrons. The maximum Gasteiger partial charge on any atom is 0.118 e. The van der Waals surface area contributed by atoms with Crippen molar-refractivity contribution in [2.24, 2.45) is 0 Å². The third kappa shape index (κ3) is 4.19. The van der Waals surface area contributed by atoms with Crippen molar-refractivity contribution in [3.8, 4) is 0 Å². The summed E-state index contributed by atoms with van der Waals surface area (Å²) in [6.45, 7) is 0. The van der Waals surface area contributed by atoms with Crippen molar-refractivity contribution >= 4 is 34.1 Å². The molecule has 0 aliphatic rings. The molecule has 4 aromatic carbocycles. The number of halogens is 1. The zero-order valence-corrected chi connectivity index (χ0v) is 19.6. The van der Waals surface area contributed by atoms with Gasteiger partial charge in [0.15, 0.2) is 0 Å². The van der Waals surface area contributed by atoms with Crippen LogP contribution in [0.25, 0.3) is 10.9 Å². The van der Waals surface area contributed by atoms with Gasteiger partial charge in [0, 0.05) is 5.39 Å². The van der Waals surface area contributed by atoms with Crippen LogP contribution in [-0.4, -0.2) is 4.98 Å². The number of benzene rings is 4. The molecule has 0 unspecified atom stereocenters. The summed E-state index contributed by atoms with van der Waals surface area (Å²) < 4.78 is 0. The summed E-state index contributed by atoms with van der Waals surface area (Å²) in [4.78, 5) is 5.06. The lowest BCUT2D eigenvalue weighted by molar-refractivity contribution is -0.00000585. The zero-order chi connectivity index (χ0) is 20.2. The van der Waals surface area contributed by atoms with Crippen molar-refractivity contribution in [3.05, 3.63) is 133 Å². The van der Waals surface area contributed by atoms with Crippen LogP contribution >= 0.6 is 7.26 Å². The van der Waals surface area contributed by atoms with Gasteiger partial charge in [-0.2, -0.15) is 0 Å². The van der Waals surface area contributed by atoms with Gasteiger partial charge in [-0.15, -0.1) is 0 Å². The Labute approximate surface area is 194 Å². The van der Waals surface area contributed by atoms with E-state index in [0.29, 0.717) is 0 Å². The van der Waals surface area contributed by atoms with E-state index in [1.54, 1.807) is 0 Å². The molecule has 3 heteroatoms. The summed E-state index contributed by atoms with van der Waals surface area (Å²) in [5.41, 5.74) is 2.20. The van der Waals surface area contributed by atoms with Gasteiger partial charge in [0.2, 0.25) is 0 Å². The van der Waals surface area contributed by atoms with Crippen LogP contribution in [0.2, 0.25) is 0 Å². The van der Waals surface area contributed by atoms with Crippen molar-refractivity contribution in [3.63, 3.8) is 0 Å². The molecule has 0 aliphatic heterocycles. The van der Waals surface area contributed by atoms with E-state index in [0.717, 1.165) is 17.4 Å². The Hall–Kier alpha value is -2.80. The molecule has 0 atom stereocenters. The average molecular weight is 484 g/mol. The van der Waals surface area contributed by atoms with E-state index in [2.05, 4.69) is 127 Å². The number of pyridine rings is 1. The lowest BCUT2D eigenvalue weighted by atomic mass is 10.2. The van der Waals surface area contributed by atoms with E-state index in [4.69, 9.17) is 4.98 Å². The van der Waals surface area contributed by atoms with Crippen LogP contribution in [0.4, 0.5) is 0 Å². The number of aromatic nitrogens is 1. The third-order valence-corrected chi connectivity index (χ3v) is 9.98. The molecule has 1 heterocycles. The lowest BCUT2D eigenvalue weighted by Crippen LogP contribution is -3.00. The van der Waals surface area contributed by atoms with Crippen LogP contribution in [0.5, 0.6) is 0 Å². The van der Waals surface area contributed by atoms with Crippen molar-refractivity contribution in [2.75, 3.05) is 0 Å². The summed E-state index contributed by atoms with van der Waals surface area (Å²) in [7, 11) is -1.92. The van der Waals surface area contributed by atoms with E-state index in [9.17, 15) is 0 Å². The minimum absolute atomic E-state index is 0. The van der Waals surface area contributed by atoms with Gasteiger partial charge in [-0.05, 0) is 48.5 Å². The molecule has 1 aromatic heterocycles. The molecule has 0 spiro atoms. The van der Waals surface area contributed by atoms with Crippen LogP contribution in [-0.2, 0) is 6.16 Å². The van der Waals surface area contributed by atoms with Crippen LogP contribution in [0.15, 0.2) is 127 Å². The molecule has 0 aliphatic carbocycles. The predicted molar refractivity (Wildman–Crippen MR) is 131 cm³/mol. The molecule has 1 nitrogen and oxygen atoms in total. The fourth-order valence-electron chi connectivity index (χ4n) is 4.21. The van der Waals surface area contributed by atoms with Gasteiger partial charge in [0.25, 0.3) is 0 Å². The Morgan fingerprint density at radius 1 is 0.484 bits per heavy atom. The van der Waals surface area contributed by atoms with Crippen LogP contribution in [0.1, 0.15) is 5.69 Å². The second-order valence-electron chi connectivity index (χ2n) is 7.47. The predicted octanol–water partition coefficient (Wildman–Crippen LogP) is 2.73. The second kappa shape index (κ2) is 9.56. The topological polar surface area (TPSA) is 12.9 Å². The second-order valence-corrected chi connectivity index (χ2v) is 11.0. The first-order chi connectivity index (χ1) is 14.9. The Kier molecular flexibility index (Phi) is 6.61. The standard InChI is InChI=1S/C28H23NP.BrH/c1-4-13-25(14-5-1)30(26-15-6-2-7-16-26,27-17-8-3-9-18-27)22-24-21-20-23-12-10-11-19-28(23)29-24;/h1-21H,22H2;1H/q+1;/p-1. The van der Waals surface area contributed by atoms with E-state index in [-0.39, 0.29) is 17.0 Å². The van der Waals surface area contributed by atoms with Crippen LogP contribution in [0.3, 0.4) is 0 Å². The number of rotatable bonds is 5. The van der Waals surface area contributed by atoms with E-state index >= 15 is 0 Å². The molecule has 152 valence electrons. The van der Waals surface area contributed by atoms with E-state index in [1.807, 2.05) is 0 Å². The smallest absolute Gasteiger partial charge is 0.118 e. The van der Waals surface area contributed by atoms with Gasteiger partial charge < -0.3 is 17.0 Å². The summed E-state index contributed by atoms with van der Waals surface area (Å²) >= 11 is 0. The highest BCUT2D eigenvalue weighted by Gasteiger charge is 2.45. The number of hydrogen-bond acceptors (Lipinski definition) is 1. The molecular formula is C28H23BrNP. The van der Waals surface area contributed by atoms with Gasteiger partial charge in [-0.3, -0.25) is 0 Å². The Bertz CT molecular complexity index is 1160.